The highest BCUT2D eigenvalue weighted by Gasteiger charge is 2.08. The zero-order valence-electron chi connectivity index (χ0n) is 8.56. The number of rotatable bonds is 4. The summed E-state index contributed by atoms with van der Waals surface area (Å²) in [6.45, 7) is 0.226. The second-order valence-electron chi connectivity index (χ2n) is 3.02. The maximum Gasteiger partial charge on any atom is 0.277 e. The Morgan fingerprint density at radius 1 is 1.29 bits per heavy atom. The number of thioether (sulfide) groups is 1. The first kappa shape index (κ1) is 12.6. The largest absolute Gasteiger partial charge is 0.415 e. The van der Waals surface area contributed by atoms with Gasteiger partial charge in [-0.2, -0.15) is 0 Å². The van der Waals surface area contributed by atoms with Crippen molar-refractivity contribution in [3.8, 4) is 0 Å². The van der Waals surface area contributed by atoms with Crippen molar-refractivity contribution in [1.82, 2.24) is 15.2 Å². The standard InChI is InChI=1S/C9H8Cl2N4OS/c10-5-1-2-7(11)13-6(5)4-17-9-15-14-8(3-12)16-9/h1-2H,3-4,12H2. The van der Waals surface area contributed by atoms with Crippen LogP contribution in [-0.4, -0.2) is 15.2 Å². The third-order valence-corrected chi connectivity index (χ3v) is 3.22. The van der Waals surface area contributed by atoms with Gasteiger partial charge in [-0.25, -0.2) is 4.98 Å². The molecular weight excluding hydrogens is 283 g/mol. The van der Waals surface area contributed by atoms with Crippen LogP contribution in [0.1, 0.15) is 11.6 Å². The Labute approximate surface area is 112 Å². The SMILES string of the molecule is NCc1nnc(SCc2nc(Cl)ccc2Cl)o1. The van der Waals surface area contributed by atoms with Gasteiger partial charge < -0.3 is 10.2 Å². The molecule has 90 valence electrons. The molecule has 0 radical (unpaired) electrons. The number of pyridine rings is 1. The van der Waals surface area contributed by atoms with Crippen molar-refractivity contribution in [2.24, 2.45) is 5.73 Å². The Kier molecular flexibility index (Phi) is 4.22. The average molecular weight is 291 g/mol. The molecule has 0 aliphatic rings. The molecule has 2 N–H and O–H groups in total. The summed E-state index contributed by atoms with van der Waals surface area (Å²) in [5.41, 5.74) is 6.04. The molecule has 2 heterocycles. The van der Waals surface area contributed by atoms with Crippen LogP contribution in [0.25, 0.3) is 0 Å². The lowest BCUT2D eigenvalue weighted by molar-refractivity contribution is 0.414. The molecule has 0 spiro atoms. The monoisotopic (exact) mass is 290 g/mol. The van der Waals surface area contributed by atoms with Crippen molar-refractivity contribution in [1.29, 1.82) is 0 Å². The second-order valence-corrected chi connectivity index (χ2v) is 4.74. The van der Waals surface area contributed by atoms with E-state index in [4.69, 9.17) is 33.4 Å². The smallest absolute Gasteiger partial charge is 0.277 e. The van der Waals surface area contributed by atoms with Crippen molar-refractivity contribution in [3.63, 3.8) is 0 Å². The topological polar surface area (TPSA) is 77.8 Å². The average Bonchev–Trinajstić information content (AvgIpc) is 2.78. The Hall–Kier alpha value is -0.820. The van der Waals surface area contributed by atoms with Gasteiger partial charge in [0.15, 0.2) is 0 Å². The molecular formula is C9H8Cl2N4OS. The molecule has 0 bridgehead atoms. The predicted molar refractivity (Wildman–Crippen MR) is 66.0 cm³/mol. The number of halogens is 2. The molecule has 5 nitrogen and oxygen atoms in total. The summed E-state index contributed by atoms with van der Waals surface area (Å²) in [5, 5.41) is 8.95. The van der Waals surface area contributed by atoms with Gasteiger partial charge in [0.05, 0.1) is 17.3 Å². The number of hydrogen-bond donors (Lipinski definition) is 1. The molecule has 0 fully saturated rings. The van der Waals surface area contributed by atoms with Crippen molar-refractivity contribution in [3.05, 3.63) is 33.9 Å². The molecule has 2 aromatic rings. The fourth-order valence-corrected chi connectivity index (χ4v) is 2.22. The van der Waals surface area contributed by atoms with Crippen LogP contribution in [0, 0.1) is 0 Å². The highest BCUT2D eigenvalue weighted by molar-refractivity contribution is 7.98. The van der Waals surface area contributed by atoms with Gasteiger partial charge in [-0.3, -0.25) is 0 Å². The second kappa shape index (κ2) is 5.68. The van der Waals surface area contributed by atoms with E-state index in [2.05, 4.69) is 15.2 Å². The van der Waals surface area contributed by atoms with E-state index in [1.54, 1.807) is 12.1 Å². The van der Waals surface area contributed by atoms with Crippen LogP contribution in [0.3, 0.4) is 0 Å². The number of nitrogens with zero attached hydrogens (tertiary/aromatic N) is 3. The lowest BCUT2D eigenvalue weighted by Crippen LogP contribution is -1.95. The minimum absolute atomic E-state index is 0.226. The summed E-state index contributed by atoms with van der Waals surface area (Å²) in [5.74, 6) is 0.906. The molecule has 0 atom stereocenters. The van der Waals surface area contributed by atoms with Gasteiger partial charge in [-0.15, -0.1) is 10.2 Å². The Bertz CT molecular complexity index is 519. The maximum atomic E-state index is 5.97. The summed E-state index contributed by atoms with van der Waals surface area (Å²) < 4.78 is 5.24. The summed E-state index contributed by atoms with van der Waals surface area (Å²) in [6, 6.07) is 3.34. The van der Waals surface area contributed by atoms with Gasteiger partial charge in [0, 0.05) is 5.75 Å². The van der Waals surface area contributed by atoms with Crippen LogP contribution in [-0.2, 0) is 12.3 Å². The van der Waals surface area contributed by atoms with Gasteiger partial charge in [0.1, 0.15) is 5.15 Å². The van der Waals surface area contributed by atoms with Crippen molar-refractivity contribution < 1.29 is 4.42 Å². The van der Waals surface area contributed by atoms with Gasteiger partial charge >= 0.3 is 0 Å². The van der Waals surface area contributed by atoms with Gasteiger partial charge in [-0.1, -0.05) is 35.0 Å². The molecule has 0 unspecified atom stereocenters. The van der Waals surface area contributed by atoms with Crippen LogP contribution in [0.5, 0.6) is 0 Å². The summed E-state index contributed by atoms with van der Waals surface area (Å²) in [6.07, 6.45) is 0. The van der Waals surface area contributed by atoms with E-state index < -0.39 is 0 Å². The van der Waals surface area contributed by atoms with E-state index in [9.17, 15) is 0 Å². The zero-order chi connectivity index (χ0) is 12.3. The lowest BCUT2D eigenvalue weighted by Gasteiger charge is -2.01. The molecule has 0 aliphatic carbocycles. The van der Waals surface area contributed by atoms with Gasteiger partial charge in [-0.05, 0) is 12.1 Å². The normalized spacial score (nSPS) is 10.8. The van der Waals surface area contributed by atoms with Crippen molar-refractivity contribution in [2.45, 2.75) is 17.5 Å². The molecule has 0 aromatic carbocycles. The van der Waals surface area contributed by atoms with E-state index >= 15 is 0 Å². The van der Waals surface area contributed by atoms with E-state index in [0.717, 1.165) is 0 Å². The zero-order valence-corrected chi connectivity index (χ0v) is 10.9. The first-order valence-electron chi connectivity index (χ1n) is 4.65. The molecule has 17 heavy (non-hydrogen) atoms. The highest BCUT2D eigenvalue weighted by Crippen LogP contribution is 2.25. The predicted octanol–water partition coefficient (Wildman–Crippen LogP) is 2.52. The number of aromatic nitrogens is 3. The molecule has 2 rings (SSSR count). The molecule has 8 heteroatoms. The van der Waals surface area contributed by atoms with E-state index in [1.165, 1.54) is 11.8 Å². The van der Waals surface area contributed by atoms with Crippen LogP contribution >= 0.6 is 35.0 Å². The van der Waals surface area contributed by atoms with Crippen LogP contribution in [0.15, 0.2) is 21.8 Å². The molecule has 2 aromatic heterocycles. The Balaban J connectivity index is 2.04. The third-order valence-electron chi connectivity index (χ3n) is 1.84. The Morgan fingerprint density at radius 2 is 2.12 bits per heavy atom. The molecule has 0 amide bonds. The fourth-order valence-electron chi connectivity index (χ4n) is 1.07. The van der Waals surface area contributed by atoms with Crippen molar-refractivity contribution in [2.75, 3.05) is 0 Å². The number of nitrogens with two attached hydrogens (primary N) is 1. The molecule has 0 aliphatic heterocycles. The third kappa shape index (κ3) is 3.32. The Morgan fingerprint density at radius 3 is 2.82 bits per heavy atom. The van der Waals surface area contributed by atoms with E-state index in [-0.39, 0.29) is 6.54 Å². The minimum atomic E-state index is 0.226. The van der Waals surface area contributed by atoms with Crippen LogP contribution < -0.4 is 5.73 Å². The molecule has 0 saturated carbocycles. The minimum Gasteiger partial charge on any atom is -0.415 e. The lowest BCUT2D eigenvalue weighted by atomic mass is 10.4. The maximum absolute atomic E-state index is 5.97. The highest BCUT2D eigenvalue weighted by atomic mass is 35.5. The van der Waals surface area contributed by atoms with Gasteiger partial charge in [0.2, 0.25) is 5.89 Å². The number of hydrogen-bond acceptors (Lipinski definition) is 6. The molecule has 0 saturated heterocycles. The summed E-state index contributed by atoms with van der Waals surface area (Å²) in [4.78, 5) is 4.11. The quantitative estimate of drug-likeness (QED) is 0.689. The van der Waals surface area contributed by atoms with Gasteiger partial charge in [0.25, 0.3) is 5.22 Å². The van der Waals surface area contributed by atoms with E-state index in [0.29, 0.717) is 32.7 Å². The van der Waals surface area contributed by atoms with E-state index in [1.807, 2.05) is 0 Å². The summed E-state index contributed by atoms with van der Waals surface area (Å²) >= 11 is 13.1. The first-order chi connectivity index (χ1) is 8.19. The first-order valence-corrected chi connectivity index (χ1v) is 6.39. The van der Waals surface area contributed by atoms with Crippen LogP contribution in [0.4, 0.5) is 0 Å². The van der Waals surface area contributed by atoms with Crippen molar-refractivity contribution >= 4 is 35.0 Å². The summed E-state index contributed by atoms with van der Waals surface area (Å²) in [7, 11) is 0. The van der Waals surface area contributed by atoms with Crippen LogP contribution in [0.2, 0.25) is 10.2 Å². The fraction of sp³-hybridized carbons (Fsp3) is 0.222.